The SMILES string of the molecule is O=C1CC(O)CN1c1nc(Cl)nc2ccsc12. The summed E-state index contributed by atoms with van der Waals surface area (Å²) in [7, 11) is 0. The standard InChI is InChI=1S/C10H8ClN3O2S/c11-10-12-6-1-2-17-8(6)9(13-10)14-4-5(15)3-7(14)16/h1-2,5,15H,3-4H2. The Morgan fingerprint density at radius 3 is 3.06 bits per heavy atom. The lowest BCUT2D eigenvalue weighted by Gasteiger charge is -2.15. The summed E-state index contributed by atoms with van der Waals surface area (Å²) >= 11 is 7.28. The van der Waals surface area contributed by atoms with E-state index in [2.05, 4.69) is 9.97 Å². The van der Waals surface area contributed by atoms with Crippen molar-refractivity contribution in [1.82, 2.24) is 9.97 Å². The fourth-order valence-electron chi connectivity index (χ4n) is 1.90. The Bertz CT molecular complexity index is 600. The van der Waals surface area contributed by atoms with Crippen LogP contribution in [0.4, 0.5) is 5.82 Å². The maximum absolute atomic E-state index is 11.7. The van der Waals surface area contributed by atoms with Gasteiger partial charge in [0.15, 0.2) is 5.82 Å². The molecule has 1 atom stereocenters. The number of amides is 1. The number of aromatic nitrogens is 2. The van der Waals surface area contributed by atoms with E-state index in [1.807, 2.05) is 11.4 Å². The first kappa shape index (κ1) is 10.9. The summed E-state index contributed by atoms with van der Waals surface area (Å²) < 4.78 is 0.817. The van der Waals surface area contributed by atoms with E-state index < -0.39 is 6.10 Å². The molecular weight excluding hydrogens is 262 g/mol. The van der Waals surface area contributed by atoms with Gasteiger partial charge in [0.2, 0.25) is 11.2 Å². The highest BCUT2D eigenvalue weighted by atomic mass is 35.5. The number of nitrogens with zero attached hydrogens (tertiary/aromatic N) is 3. The first-order valence-electron chi connectivity index (χ1n) is 5.04. The Morgan fingerprint density at radius 2 is 2.35 bits per heavy atom. The zero-order valence-electron chi connectivity index (χ0n) is 8.63. The maximum atomic E-state index is 11.7. The maximum Gasteiger partial charge on any atom is 0.230 e. The third-order valence-electron chi connectivity index (χ3n) is 2.62. The molecule has 0 spiro atoms. The minimum absolute atomic E-state index is 0.111. The largest absolute Gasteiger partial charge is 0.391 e. The van der Waals surface area contributed by atoms with Crippen molar-refractivity contribution in [1.29, 1.82) is 0 Å². The Balaban J connectivity index is 2.16. The average molecular weight is 270 g/mol. The van der Waals surface area contributed by atoms with Gasteiger partial charge in [-0.05, 0) is 23.0 Å². The van der Waals surface area contributed by atoms with Crippen molar-refractivity contribution < 1.29 is 9.90 Å². The van der Waals surface area contributed by atoms with Crippen LogP contribution in [0, 0.1) is 0 Å². The molecule has 5 nitrogen and oxygen atoms in total. The molecule has 1 saturated heterocycles. The van der Waals surface area contributed by atoms with Gasteiger partial charge in [-0.15, -0.1) is 11.3 Å². The number of aliphatic hydroxyl groups excluding tert-OH is 1. The fraction of sp³-hybridized carbons (Fsp3) is 0.300. The second-order valence-electron chi connectivity index (χ2n) is 3.81. The summed E-state index contributed by atoms with van der Waals surface area (Å²) in [5, 5.41) is 11.5. The number of hydrogen-bond acceptors (Lipinski definition) is 5. The number of carbonyl (C=O) groups is 1. The Hall–Kier alpha value is -1.24. The molecule has 1 amide bonds. The third-order valence-corrected chi connectivity index (χ3v) is 3.69. The minimum atomic E-state index is -0.633. The minimum Gasteiger partial charge on any atom is -0.391 e. The number of rotatable bonds is 1. The number of carbonyl (C=O) groups excluding carboxylic acids is 1. The van der Waals surface area contributed by atoms with Crippen LogP contribution in [0.15, 0.2) is 11.4 Å². The molecule has 2 aromatic rings. The van der Waals surface area contributed by atoms with Crippen molar-refractivity contribution in [2.75, 3.05) is 11.4 Å². The van der Waals surface area contributed by atoms with Crippen molar-refractivity contribution >= 4 is 44.9 Å². The van der Waals surface area contributed by atoms with Crippen LogP contribution in [0.3, 0.4) is 0 Å². The number of hydrogen-bond donors (Lipinski definition) is 1. The Labute approximate surface area is 106 Å². The van der Waals surface area contributed by atoms with Crippen LogP contribution in [0.2, 0.25) is 5.28 Å². The lowest BCUT2D eigenvalue weighted by atomic mass is 10.3. The monoisotopic (exact) mass is 269 g/mol. The molecule has 1 fully saturated rings. The van der Waals surface area contributed by atoms with Crippen molar-refractivity contribution in [3.05, 3.63) is 16.7 Å². The highest BCUT2D eigenvalue weighted by Crippen LogP contribution is 2.32. The molecule has 1 aliphatic rings. The predicted molar refractivity (Wildman–Crippen MR) is 65.4 cm³/mol. The lowest BCUT2D eigenvalue weighted by Crippen LogP contribution is -2.26. The number of thiophene rings is 1. The molecule has 3 rings (SSSR count). The summed E-state index contributed by atoms with van der Waals surface area (Å²) in [6.45, 7) is 0.263. The van der Waals surface area contributed by atoms with E-state index in [0.29, 0.717) is 5.82 Å². The Morgan fingerprint density at radius 1 is 1.53 bits per heavy atom. The molecule has 88 valence electrons. The molecular formula is C10H8ClN3O2S. The van der Waals surface area contributed by atoms with E-state index >= 15 is 0 Å². The van der Waals surface area contributed by atoms with Gasteiger partial charge < -0.3 is 5.11 Å². The molecule has 1 N–H and O–H groups in total. The van der Waals surface area contributed by atoms with E-state index in [1.54, 1.807) is 0 Å². The first-order valence-corrected chi connectivity index (χ1v) is 6.30. The summed E-state index contributed by atoms with van der Waals surface area (Å²) in [6, 6.07) is 1.83. The number of halogens is 1. The van der Waals surface area contributed by atoms with Gasteiger partial charge in [-0.25, -0.2) is 4.98 Å². The van der Waals surface area contributed by atoms with Crippen LogP contribution >= 0.6 is 22.9 Å². The molecule has 3 heterocycles. The first-order chi connectivity index (χ1) is 8.15. The molecule has 17 heavy (non-hydrogen) atoms. The molecule has 0 aliphatic carbocycles. The normalized spacial score (nSPS) is 20.5. The Kier molecular flexibility index (Phi) is 2.50. The molecule has 0 radical (unpaired) electrons. The topological polar surface area (TPSA) is 66.3 Å². The molecule has 2 aromatic heterocycles. The number of fused-ring (bicyclic) bond motifs is 1. The fourth-order valence-corrected chi connectivity index (χ4v) is 2.90. The van der Waals surface area contributed by atoms with Gasteiger partial charge in [0.25, 0.3) is 0 Å². The second-order valence-corrected chi connectivity index (χ2v) is 5.07. The van der Waals surface area contributed by atoms with E-state index in [0.717, 1.165) is 10.2 Å². The van der Waals surface area contributed by atoms with Crippen LogP contribution < -0.4 is 4.90 Å². The molecule has 0 aromatic carbocycles. The van der Waals surface area contributed by atoms with Crippen molar-refractivity contribution in [3.63, 3.8) is 0 Å². The van der Waals surface area contributed by atoms with Crippen LogP contribution in [0.1, 0.15) is 6.42 Å². The second kappa shape index (κ2) is 3.90. The van der Waals surface area contributed by atoms with E-state index in [4.69, 9.17) is 11.6 Å². The van der Waals surface area contributed by atoms with E-state index in [9.17, 15) is 9.90 Å². The third kappa shape index (κ3) is 1.78. The van der Waals surface area contributed by atoms with Gasteiger partial charge in [0.05, 0.1) is 29.3 Å². The van der Waals surface area contributed by atoms with Gasteiger partial charge in [-0.1, -0.05) is 0 Å². The van der Waals surface area contributed by atoms with Gasteiger partial charge in [0.1, 0.15) is 0 Å². The molecule has 1 aliphatic heterocycles. The zero-order chi connectivity index (χ0) is 12.0. The molecule has 7 heteroatoms. The van der Waals surface area contributed by atoms with E-state index in [1.165, 1.54) is 16.2 Å². The zero-order valence-corrected chi connectivity index (χ0v) is 10.2. The lowest BCUT2D eigenvalue weighted by molar-refractivity contribution is -0.117. The quantitative estimate of drug-likeness (QED) is 0.796. The van der Waals surface area contributed by atoms with E-state index in [-0.39, 0.29) is 24.2 Å². The van der Waals surface area contributed by atoms with Crippen molar-refractivity contribution in [2.45, 2.75) is 12.5 Å². The molecule has 1 unspecified atom stereocenters. The van der Waals surface area contributed by atoms with Gasteiger partial charge in [-0.2, -0.15) is 4.98 Å². The summed E-state index contributed by atoms with van der Waals surface area (Å²) in [6.07, 6.45) is -0.500. The van der Waals surface area contributed by atoms with Crippen LogP contribution in [-0.2, 0) is 4.79 Å². The van der Waals surface area contributed by atoms with Crippen LogP contribution in [0.5, 0.6) is 0 Å². The smallest absolute Gasteiger partial charge is 0.230 e. The van der Waals surface area contributed by atoms with Crippen LogP contribution in [-0.4, -0.2) is 33.6 Å². The number of β-amino-alcohol motifs (C(OH)–C–C–N with tert-alkyl or cyclic N) is 1. The summed E-state index contributed by atoms with van der Waals surface area (Å²) in [5.74, 6) is 0.360. The van der Waals surface area contributed by atoms with Crippen LogP contribution in [0.25, 0.3) is 10.2 Å². The van der Waals surface area contributed by atoms with Gasteiger partial charge >= 0.3 is 0 Å². The molecule has 0 saturated carbocycles. The highest BCUT2D eigenvalue weighted by molar-refractivity contribution is 7.17. The number of aliphatic hydroxyl groups is 1. The highest BCUT2D eigenvalue weighted by Gasteiger charge is 2.31. The summed E-state index contributed by atoms with van der Waals surface area (Å²) in [4.78, 5) is 21.4. The number of anilines is 1. The van der Waals surface area contributed by atoms with Gasteiger partial charge in [-0.3, -0.25) is 9.69 Å². The molecule has 0 bridgehead atoms. The van der Waals surface area contributed by atoms with Gasteiger partial charge in [0, 0.05) is 0 Å². The summed E-state index contributed by atoms with van der Waals surface area (Å²) in [5.41, 5.74) is 0.721. The average Bonchev–Trinajstić information content (AvgIpc) is 2.83. The predicted octanol–water partition coefficient (Wildman–Crippen LogP) is 1.44. The van der Waals surface area contributed by atoms with Crippen molar-refractivity contribution in [2.24, 2.45) is 0 Å². The van der Waals surface area contributed by atoms with Crippen molar-refractivity contribution in [3.8, 4) is 0 Å².